The quantitative estimate of drug-likeness (QED) is 0.768. The molecule has 78 valence electrons. The molecule has 2 N–H and O–H groups in total. The van der Waals surface area contributed by atoms with Crippen LogP contribution in [0.25, 0.3) is 0 Å². The molecule has 0 radical (unpaired) electrons. The molecule has 0 aromatic heterocycles. The van der Waals surface area contributed by atoms with E-state index in [-0.39, 0.29) is 11.5 Å². The maximum atomic E-state index is 13.1. The molecule has 0 amide bonds. The fourth-order valence-corrected chi connectivity index (χ4v) is 1.20. The lowest BCUT2D eigenvalue weighted by atomic mass is 10.1. The van der Waals surface area contributed by atoms with E-state index in [2.05, 4.69) is 5.32 Å². The van der Waals surface area contributed by atoms with Crippen LogP contribution in [-0.4, -0.2) is 25.8 Å². The summed E-state index contributed by atoms with van der Waals surface area (Å²) in [5, 5.41) is 12.2. The highest BCUT2D eigenvalue weighted by atomic mass is 19.1. The number of halogens is 1. The molecule has 3 nitrogen and oxygen atoms in total. The fraction of sp³-hybridized carbons (Fsp3) is 0.400. The molecule has 0 aliphatic carbocycles. The van der Waals surface area contributed by atoms with Gasteiger partial charge in [-0.2, -0.15) is 4.39 Å². The van der Waals surface area contributed by atoms with Crippen LogP contribution < -0.4 is 10.1 Å². The van der Waals surface area contributed by atoms with Crippen LogP contribution in [-0.2, 0) is 6.42 Å². The van der Waals surface area contributed by atoms with Gasteiger partial charge in [0.1, 0.15) is 0 Å². The van der Waals surface area contributed by atoms with Crippen molar-refractivity contribution in [2.75, 3.05) is 20.7 Å². The van der Waals surface area contributed by atoms with E-state index in [9.17, 15) is 9.50 Å². The largest absolute Gasteiger partial charge is 0.505 e. The highest BCUT2D eigenvalue weighted by Gasteiger charge is 2.09. The predicted molar refractivity (Wildman–Crippen MR) is 52.2 cm³/mol. The molecule has 0 bridgehead atoms. The molecule has 0 aliphatic heterocycles. The summed E-state index contributed by atoms with van der Waals surface area (Å²) < 4.78 is 17.9. The number of benzene rings is 1. The van der Waals surface area contributed by atoms with Crippen LogP contribution in [0.15, 0.2) is 12.1 Å². The standard InChI is InChI=1S/C10H14FNO2/c1-12-4-3-7-5-8(13)10(11)9(6-7)14-2/h5-6,12-13H,3-4H2,1-2H3. The van der Waals surface area contributed by atoms with Crippen molar-refractivity contribution in [1.82, 2.24) is 5.32 Å². The van der Waals surface area contributed by atoms with E-state index in [4.69, 9.17) is 4.74 Å². The molecule has 0 spiro atoms. The Bertz CT molecular complexity index is 315. The van der Waals surface area contributed by atoms with Gasteiger partial charge in [-0.25, -0.2) is 0 Å². The zero-order valence-electron chi connectivity index (χ0n) is 8.30. The topological polar surface area (TPSA) is 41.5 Å². The summed E-state index contributed by atoms with van der Waals surface area (Å²) in [6, 6.07) is 3.00. The smallest absolute Gasteiger partial charge is 0.206 e. The van der Waals surface area contributed by atoms with Crippen LogP contribution in [0, 0.1) is 5.82 Å². The normalized spacial score (nSPS) is 10.2. The first-order valence-corrected chi connectivity index (χ1v) is 4.39. The highest BCUT2D eigenvalue weighted by Crippen LogP contribution is 2.27. The number of rotatable bonds is 4. The molecule has 0 aliphatic rings. The molecular weight excluding hydrogens is 185 g/mol. The maximum absolute atomic E-state index is 13.1. The van der Waals surface area contributed by atoms with Gasteiger partial charge < -0.3 is 15.2 Å². The summed E-state index contributed by atoms with van der Waals surface area (Å²) in [5.41, 5.74) is 0.843. The van der Waals surface area contributed by atoms with Crippen LogP contribution in [0.3, 0.4) is 0 Å². The van der Waals surface area contributed by atoms with E-state index >= 15 is 0 Å². The predicted octanol–water partition coefficient (Wildman–Crippen LogP) is 1.30. The zero-order chi connectivity index (χ0) is 10.6. The molecule has 1 aromatic rings. The number of hydrogen-bond acceptors (Lipinski definition) is 3. The lowest BCUT2D eigenvalue weighted by molar-refractivity contribution is 0.363. The number of phenolic OH excluding ortho intramolecular Hbond substituents is 1. The summed E-state index contributed by atoms with van der Waals surface area (Å²) in [7, 11) is 3.21. The summed E-state index contributed by atoms with van der Waals surface area (Å²) in [5.74, 6) is -0.993. The lowest BCUT2D eigenvalue weighted by Crippen LogP contribution is -2.10. The van der Waals surface area contributed by atoms with Gasteiger partial charge in [0.2, 0.25) is 5.82 Å². The number of methoxy groups -OCH3 is 1. The Kier molecular flexibility index (Phi) is 3.71. The Morgan fingerprint density at radius 1 is 1.50 bits per heavy atom. The van der Waals surface area contributed by atoms with Crippen LogP contribution >= 0.6 is 0 Å². The van der Waals surface area contributed by atoms with Crippen molar-refractivity contribution < 1.29 is 14.2 Å². The number of nitrogens with one attached hydrogen (secondary N) is 1. The lowest BCUT2D eigenvalue weighted by Gasteiger charge is -2.07. The third-order valence-electron chi connectivity index (χ3n) is 1.96. The molecular formula is C10H14FNO2. The van der Waals surface area contributed by atoms with E-state index in [0.717, 1.165) is 18.5 Å². The summed E-state index contributed by atoms with van der Waals surface area (Å²) >= 11 is 0. The molecule has 0 unspecified atom stereocenters. The van der Waals surface area contributed by atoms with Crippen molar-refractivity contribution in [1.29, 1.82) is 0 Å². The Morgan fingerprint density at radius 2 is 2.21 bits per heavy atom. The van der Waals surface area contributed by atoms with Crippen LogP contribution in [0.2, 0.25) is 0 Å². The molecule has 0 saturated heterocycles. The van der Waals surface area contributed by atoms with Crippen molar-refractivity contribution >= 4 is 0 Å². The minimum Gasteiger partial charge on any atom is -0.505 e. The zero-order valence-corrected chi connectivity index (χ0v) is 8.30. The van der Waals surface area contributed by atoms with E-state index in [0.29, 0.717) is 0 Å². The average molecular weight is 199 g/mol. The number of phenols is 1. The van der Waals surface area contributed by atoms with Gasteiger partial charge in [-0.3, -0.25) is 0 Å². The van der Waals surface area contributed by atoms with Crippen molar-refractivity contribution in [2.45, 2.75) is 6.42 Å². The van der Waals surface area contributed by atoms with Crippen LogP contribution in [0.4, 0.5) is 4.39 Å². The fourth-order valence-electron chi connectivity index (χ4n) is 1.20. The molecule has 14 heavy (non-hydrogen) atoms. The number of ether oxygens (including phenoxy) is 1. The van der Waals surface area contributed by atoms with Gasteiger partial charge in [0.25, 0.3) is 0 Å². The van der Waals surface area contributed by atoms with Crippen molar-refractivity contribution in [2.24, 2.45) is 0 Å². The van der Waals surface area contributed by atoms with Gasteiger partial charge >= 0.3 is 0 Å². The van der Waals surface area contributed by atoms with Crippen molar-refractivity contribution in [3.8, 4) is 11.5 Å². The monoisotopic (exact) mass is 199 g/mol. The minimum absolute atomic E-state index is 0.0797. The first-order valence-electron chi connectivity index (χ1n) is 4.39. The van der Waals surface area contributed by atoms with Crippen molar-refractivity contribution in [3.05, 3.63) is 23.5 Å². The molecule has 0 atom stereocenters. The molecule has 0 heterocycles. The van der Waals surface area contributed by atoms with Gasteiger partial charge in [0, 0.05) is 0 Å². The van der Waals surface area contributed by atoms with Gasteiger partial charge in [-0.1, -0.05) is 0 Å². The molecule has 1 rings (SSSR count). The first-order chi connectivity index (χ1) is 6.69. The van der Waals surface area contributed by atoms with E-state index < -0.39 is 5.82 Å². The van der Waals surface area contributed by atoms with Crippen LogP contribution in [0.1, 0.15) is 5.56 Å². The van der Waals surface area contributed by atoms with Gasteiger partial charge in [-0.15, -0.1) is 0 Å². The minimum atomic E-state index is -0.708. The molecule has 1 aromatic carbocycles. The summed E-state index contributed by atoms with van der Waals surface area (Å²) in [6.45, 7) is 0.772. The SMILES string of the molecule is CNCCc1cc(O)c(F)c(OC)c1. The van der Waals surface area contributed by atoms with Gasteiger partial charge in [-0.05, 0) is 37.7 Å². The average Bonchev–Trinajstić information content (AvgIpc) is 2.19. The Labute approximate surface area is 82.5 Å². The Balaban J connectivity index is 2.91. The Morgan fingerprint density at radius 3 is 2.79 bits per heavy atom. The number of aromatic hydroxyl groups is 1. The van der Waals surface area contributed by atoms with E-state index in [1.54, 1.807) is 6.07 Å². The Hall–Kier alpha value is -1.29. The van der Waals surface area contributed by atoms with E-state index in [1.807, 2.05) is 7.05 Å². The third-order valence-corrected chi connectivity index (χ3v) is 1.96. The third kappa shape index (κ3) is 2.35. The molecule has 4 heteroatoms. The second kappa shape index (κ2) is 4.81. The van der Waals surface area contributed by atoms with Gasteiger partial charge in [0.15, 0.2) is 11.5 Å². The number of likely N-dealkylation sites (N-methyl/N-ethyl adjacent to an activating group) is 1. The first kappa shape index (κ1) is 10.8. The van der Waals surface area contributed by atoms with Crippen molar-refractivity contribution in [3.63, 3.8) is 0 Å². The molecule has 0 saturated carbocycles. The summed E-state index contributed by atoms with van der Waals surface area (Å²) in [4.78, 5) is 0. The van der Waals surface area contributed by atoms with Gasteiger partial charge in [0.05, 0.1) is 7.11 Å². The molecule has 0 fully saturated rings. The second-order valence-electron chi connectivity index (χ2n) is 2.98. The maximum Gasteiger partial charge on any atom is 0.206 e. The van der Waals surface area contributed by atoms with Crippen LogP contribution in [0.5, 0.6) is 11.5 Å². The van der Waals surface area contributed by atoms with E-state index in [1.165, 1.54) is 13.2 Å². The number of hydrogen-bond donors (Lipinski definition) is 2. The second-order valence-corrected chi connectivity index (χ2v) is 2.98. The highest BCUT2D eigenvalue weighted by molar-refractivity contribution is 5.39. The summed E-state index contributed by atoms with van der Waals surface area (Å²) in [6.07, 6.45) is 0.723.